The van der Waals surface area contributed by atoms with Crippen molar-refractivity contribution in [3.8, 4) is 23.1 Å². The van der Waals surface area contributed by atoms with Crippen molar-refractivity contribution in [2.24, 2.45) is 5.73 Å². The van der Waals surface area contributed by atoms with Gasteiger partial charge in [0.2, 0.25) is 0 Å². The Hall–Kier alpha value is -2.05. The maximum atomic E-state index is 5.39. The van der Waals surface area contributed by atoms with E-state index >= 15 is 0 Å². The molecule has 2 aromatic rings. The summed E-state index contributed by atoms with van der Waals surface area (Å²) in [6.45, 7) is 0.589. The van der Waals surface area contributed by atoms with Crippen LogP contribution < -0.4 is 5.73 Å². The van der Waals surface area contributed by atoms with E-state index in [2.05, 4.69) is 22.0 Å². The standard InChI is InChI=1S/C13H13N3/c14-9-5-4-8-12-10-15-16-13(12)11-6-2-1-3-7-11/h1-3,6-7,10H,5,9,14H2,(H,15,16). The summed E-state index contributed by atoms with van der Waals surface area (Å²) in [5, 5.41) is 6.98. The lowest BCUT2D eigenvalue weighted by Crippen LogP contribution is -1.95. The fraction of sp³-hybridized carbons (Fsp3) is 0.154. The summed E-state index contributed by atoms with van der Waals surface area (Å²) in [5.41, 5.74) is 8.37. The van der Waals surface area contributed by atoms with Gasteiger partial charge < -0.3 is 5.73 Å². The van der Waals surface area contributed by atoms with Crippen molar-refractivity contribution in [2.45, 2.75) is 6.42 Å². The number of H-pyrrole nitrogens is 1. The maximum absolute atomic E-state index is 5.39. The zero-order chi connectivity index (χ0) is 11.2. The molecule has 0 aliphatic carbocycles. The molecule has 1 heterocycles. The first kappa shape index (κ1) is 10.5. The van der Waals surface area contributed by atoms with E-state index < -0.39 is 0 Å². The Morgan fingerprint density at radius 3 is 2.81 bits per heavy atom. The highest BCUT2D eigenvalue weighted by molar-refractivity contribution is 5.66. The fourth-order valence-corrected chi connectivity index (χ4v) is 1.44. The van der Waals surface area contributed by atoms with E-state index in [-0.39, 0.29) is 0 Å². The van der Waals surface area contributed by atoms with Crippen LogP contribution in [0.25, 0.3) is 11.3 Å². The van der Waals surface area contributed by atoms with Crippen LogP contribution in [0.3, 0.4) is 0 Å². The van der Waals surface area contributed by atoms with Gasteiger partial charge in [-0.15, -0.1) is 0 Å². The fourth-order valence-electron chi connectivity index (χ4n) is 1.44. The Kier molecular flexibility index (Phi) is 3.37. The Balaban J connectivity index is 2.31. The third-order valence-corrected chi connectivity index (χ3v) is 2.19. The zero-order valence-electron chi connectivity index (χ0n) is 8.90. The predicted molar refractivity (Wildman–Crippen MR) is 64.6 cm³/mol. The van der Waals surface area contributed by atoms with Crippen LogP contribution in [-0.2, 0) is 0 Å². The van der Waals surface area contributed by atoms with Crippen molar-refractivity contribution in [1.82, 2.24) is 10.2 Å². The summed E-state index contributed by atoms with van der Waals surface area (Å²) in [6, 6.07) is 10.0. The second-order valence-corrected chi connectivity index (χ2v) is 3.37. The largest absolute Gasteiger partial charge is 0.330 e. The third-order valence-electron chi connectivity index (χ3n) is 2.19. The first-order valence-corrected chi connectivity index (χ1v) is 5.19. The smallest absolute Gasteiger partial charge is 0.0806 e. The molecule has 16 heavy (non-hydrogen) atoms. The summed E-state index contributed by atoms with van der Waals surface area (Å²) < 4.78 is 0. The highest BCUT2D eigenvalue weighted by Gasteiger charge is 2.03. The van der Waals surface area contributed by atoms with Gasteiger partial charge in [0.05, 0.1) is 17.5 Å². The molecule has 0 amide bonds. The molecular formula is C13H13N3. The van der Waals surface area contributed by atoms with Gasteiger partial charge in [0.25, 0.3) is 0 Å². The first-order valence-electron chi connectivity index (χ1n) is 5.19. The van der Waals surface area contributed by atoms with Crippen LogP contribution in [0.1, 0.15) is 12.0 Å². The molecule has 80 valence electrons. The molecule has 0 unspecified atom stereocenters. The number of aromatic nitrogens is 2. The Morgan fingerprint density at radius 1 is 1.25 bits per heavy atom. The first-order chi connectivity index (χ1) is 7.92. The molecule has 3 heteroatoms. The van der Waals surface area contributed by atoms with Crippen LogP contribution in [0.5, 0.6) is 0 Å². The van der Waals surface area contributed by atoms with Crippen molar-refractivity contribution >= 4 is 0 Å². The Morgan fingerprint density at radius 2 is 2.06 bits per heavy atom. The monoisotopic (exact) mass is 211 g/mol. The molecule has 0 atom stereocenters. The van der Waals surface area contributed by atoms with Crippen LogP contribution >= 0.6 is 0 Å². The van der Waals surface area contributed by atoms with E-state index in [9.17, 15) is 0 Å². The number of benzene rings is 1. The molecule has 1 aromatic heterocycles. The molecule has 0 bridgehead atoms. The van der Waals surface area contributed by atoms with Gasteiger partial charge in [0.15, 0.2) is 0 Å². The second kappa shape index (κ2) is 5.15. The molecule has 0 radical (unpaired) electrons. The lowest BCUT2D eigenvalue weighted by atomic mass is 10.1. The van der Waals surface area contributed by atoms with Gasteiger partial charge in [-0.3, -0.25) is 5.10 Å². The molecule has 2 rings (SSSR count). The van der Waals surface area contributed by atoms with Crippen molar-refractivity contribution < 1.29 is 0 Å². The van der Waals surface area contributed by atoms with E-state index in [1.807, 2.05) is 30.3 Å². The number of nitrogens with zero attached hydrogens (tertiary/aromatic N) is 1. The van der Waals surface area contributed by atoms with Gasteiger partial charge in [0.1, 0.15) is 0 Å². The molecule has 0 aliphatic heterocycles. The van der Waals surface area contributed by atoms with Crippen LogP contribution in [0.2, 0.25) is 0 Å². The van der Waals surface area contributed by atoms with Gasteiger partial charge in [-0.05, 0) is 0 Å². The summed E-state index contributed by atoms with van der Waals surface area (Å²) in [4.78, 5) is 0. The molecule has 0 spiro atoms. The SMILES string of the molecule is NCCC#Cc1cn[nH]c1-c1ccccc1. The van der Waals surface area contributed by atoms with Gasteiger partial charge >= 0.3 is 0 Å². The third kappa shape index (κ3) is 2.30. The zero-order valence-corrected chi connectivity index (χ0v) is 8.90. The van der Waals surface area contributed by atoms with Gasteiger partial charge in [-0.25, -0.2) is 0 Å². The molecule has 0 saturated heterocycles. The Bertz CT molecular complexity index is 503. The number of rotatable bonds is 2. The number of nitrogens with one attached hydrogen (secondary N) is 1. The van der Waals surface area contributed by atoms with Crippen LogP contribution in [0.15, 0.2) is 36.5 Å². The number of aromatic amines is 1. The summed E-state index contributed by atoms with van der Waals surface area (Å²) in [5.74, 6) is 6.08. The number of hydrogen-bond acceptors (Lipinski definition) is 2. The molecular weight excluding hydrogens is 198 g/mol. The van der Waals surface area contributed by atoms with E-state index in [1.54, 1.807) is 6.20 Å². The normalized spacial score (nSPS) is 9.56. The summed E-state index contributed by atoms with van der Waals surface area (Å²) in [6.07, 6.45) is 2.45. The quantitative estimate of drug-likeness (QED) is 0.744. The lowest BCUT2D eigenvalue weighted by molar-refractivity contribution is 1.03. The molecule has 0 aliphatic rings. The number of hydrogen-bond donors (Lipinski definition) is 2. The molecule has 0 fully saturated rings. The van der Waals surface area contributed by atoms with E-state index in [1.165, 1.54) is 0 Å². The van der Waals surface area contributed by atoms with Crippen LogP contribution in [0.4, 0.5) is 0 Å². The highest BCUT2D eigenvalue weighted by Crippen LogP contribution is 2.19. The number of nitrogens with two attached hydrogens (primary N) is 1. The van der Waals surface area contributed by atoms with Gasteiger partial charge in [-0.1, -0.05) is 42.2 Å². The molecule has 1 aromatic carbocycles. The summed E-state index contributed by atoms with van der Waals surface area (Å²) >= 11 is 0. The van der Waals surface area contributed by atoms with E-state index in [4.69, 9.17) is 5.73 Å². The minimum absolute atomic E-state index is 0.589. The highest BCUT2D eigenvalue weighted by atomic mass is 15.1. The van der Waals surface area contributed by atoms with E-state index in [0.29, 0.717) is 13.0 Å². The van der Waals surface area contributed by atoms with Gasteiger partial charge in [0, 0.05) is 18.5 Å². The summed E-state index contributed by atoms with van der Waals surface area (Å²) in [7, 11) is 0. The van der Waals surface area contributed by atoms with Crippen molar-refractivity contribution in [2.75, 3.05) is 6.54 Å². The average Bonchev–Trinajstić information content (AvgIpc) is 2.79. The van der Waals surface area contributed by atoms with Crippen molar-refractivity contribution in [3.05, 3.63) is 42.1 Å². The van der Waals surface area contributed by atoms with Crippen molar-refractivity contribution in [3.63, 3.8) is 0 Å². The lowest BCUT2D eigenvalue weighted by Gasteiger charge is -1.97. The topological polar surface area (TPSA) is 54.7 Å². The van der Waals surface area contributed by atoms with E-state index in [0.717, 1.165) is 16.8 Å². The molecule has 3 nitrogen and oxygen atoms in total. The van der Waals surface area contributed by atoms with Crippen LogP contribution in [0, 0.1) is 11.8 Å². The Labute approximate surface area is 94.7 Å². The van der Waals surface area contributed by atoms with Crippen LogP contribution in [-0.4, -0.2) is 16.7 Å². The van der Waals surface area contributed by atoms with Crippen molar-refractivity contribution in [1.29, 1.82) is 0 Å². The maximum Gasteiger partial charge on any atom is 0.0806 e. The molecule has 3 N–H and O–H groups in total. The van der Waals surface area contributed by atoms with Gasteiger partial charge in [-0.2, -0.15) is 5.10 Å². The average molecular weight is 211 g/mol. The minimum Gasteiger partial charge on any atom is -0.330 e. The predicted octanol–water partition coefficient (Wildman–Crippen LogP) is 1.78. The molecule has 0 saturated carbocycles. The minimum atomic E-state index is 0.589. The second-order valence-electron chi connectivity index (χ2n) is 3.37.